The lowest BCUT2D eigenvalue weighted by Gasteiger charge is -2.57. The van der Waals surface area contributed by atoms with Crippen LogP contribution in [-0.2, 0) is 23.9 Å². The van der Waals surface area contributed by atoms with Crippen molar-refractivity contribution < 1.29 is 29.0 Å². The Hall–Kier alpha value is -1.83. The number of ether oxygens (including phenoxy) is 1. The molecule has 0 saturated heterocycles. The first-order valence-corrected chi connectivity index (χ1v) is 14.9. The number of amides is 1. The van der Waals surface area contributed by atoms with Crippen LogP contribution in [0.4, 0.5) is 0 Å². The van der Waals surface area contributed by atoms with Gasteiger partial charge in [-0.2, -0.15) is 11.8 Å². The number of hydrogen-bond acceptors (Lipinski definition) is 6. The summed E-state index contributed by atoms with van der Waals surface area (Å²) in [7, 11) is 0. The van der Waals surface area contributed by atoms with E-state index in [-0.39, 0.29) is 41.5 Å². The van der Waals surface area contributed by atoms with Gasteiger partial charge in [0.15, 0.2) is 5.78 Å². The summed E-state index contributed by atoms with van der Waals surface area (Å²) in [6, 6.07) is -0.930. The molecule has 36 heavy (non-hydrogen) atoms. The molecule has 0 spiro atoms. The summed E-state index contributed by atoms with van der Waals surface area (Å²) in [5, 5.41) is 11.8. The van der Waals surface area contributed by atoms with E-state index in [1.54, 1.807) is 0 Å². The van der Waals surface area contributed by atoms with Crippen molar-refractivity contribution in [2.45, 2.75) is 96.6 Å². The summed E-state index contributed by atoms with van der Waals surface area (Å²) in [5.41, 5.74) is 1.44. The van der Waals surface area contributed by atoms with Crippen LogP contribution >= 0.6 is 11.8 Å². The summed E-state index contributed by atoms with van der Waals surface area (Å²) < 4.78 is 5.98. The first-order chi connectivity index (χ1) is 17.1. The molecule has 4 aliphatic carbocycles. The molecule has 7 atom stereocenters. The molecule has 8 heteroatoms. The van der Waals surface area contributed by atoms with E-state index in [9.17, 15) is 24.3 Å². The first-order valence-electron chi connectivity index (χ1n) is 13.5. The maximum Gasteiger partial charge on any atom is 0.326 e. The quantitative estimate of drug-likeness (QED) is 0.431. The predicted octanol–water partition coefficient (Wildman–Crippen LogP) is 4.53. The Bertz CT molecular complexity index is 933. The molecule has 0 aromatic heterocycles. The maximum absolute atomic E-state index is 12.7. The van der Waals surface area contributed by atoms with Gasteiger partial charge in [-0.15, -0.1) is 0 Å². The Kier molecular flexibility index (Phi) is 8.22. The van der Waals surface area contributed by atoms with Gasteiger partial charge >= 0.3 is 11.9 Å². The lowest BCUT2D eigenvalue weighted by atomic mass is 9.47. The molecule has 0 unspecified atom stereocenters. The van der Waals surface area contributed by atoms with Crippen LogP contribution in [0.2, 0.25) is 0 Å². The SMILES string of the molecule is CSCC[C@H](NC(=O)CCC(=O)O[C@H]1CC[C@H]2[C@@H]3CCC4=CC(=O)CC[C@]4(C)[C@@H]3CC[C@]12C)C(=O)O. The van der Waals surface area contributed by atoms with Crippen molar-refractivity contribution in [2.75, 3.05) is 12.0 Å². The fourth-order valence-corrected chi connectivity index (χ4v) is 8.37. The van der Waals surface area contributed by atoms with Crippen molar-refractivity contribution in [3.05, 3.63) is 11.6 Å². The van der Waals surface area contributed by atoms with Crippen molar-refractivity contribution in [3.63, 3.8) is 0 Å². The Morgan fingerprint density at radius 2 is 1.89 bits per heavy atom. The number of carbonyl (C=O) groups excluding carboxylic acids is 3. The number of nitrogens with one attached hydrogen (secondary N) is 1. The number of ketones is 1. The van der Waals surface area contributed by atoms with Crippen LogP contribution in [0.15, 0.2) is 11.6 Å². The molecule has 3 fully saturated rings. The summed E-state index contributed by atoms with van der Waals surface area (Å²) in [6.45, 7) is 4.66. The summed E-state index contributed by atoms with van der Waals surface area (Å²) in [4.78, 5) is 48.4. The third kappa shape index (κ3) is 5.25. The van der Waals surface area contributed by atoms with Crippen LogP contribution in [0.5, 0.6) is 0 Å². The number of aliphatic carboxylic acids is 1. The zero-order valence-corrected chi connectivity index (χ0v) is 22.7. The van der Waals surface area contributed by atoms with Gasteiger partial charge in [0.2, 0.25) is 5.91 Å². The second-order valence-electron chi connectivity index (χ2n) is 11.8. The highest BCUT2D eigenvalue weighted by atomic mass is 32.2. The number of esters is 1. The van der Waals surface area contributed by atoms with Crippen molar-refractivity contribution in [2.24, 2.45) is 28.6 Å². The smallest absolute Gasteiger partial charge is 0.326 e. The molecule has 0 bridgehead atoms. The highest BCUT2D eigenvalue weighted by Crippen LogP contribution is 2.65. The van der Waals surface area contributed by atoms with E-state index in [4.69, 9.17) is 4.74 Å². The van der Waals surface area contributed by atoms with Crippen molar-refractivity contribution in [1.29, 1.82) is 0 Å². The van der Waals surface area contributed by atoms with Gasteiger partial charge in [-0.05, 0) is 92.6 Å². The van der Waals surface area contributed by atoms with Gasteiger partial charge in [0.1, 0.15) is 12.1 Å². The summed E-state index contributed by atoms with van der Waals surface area (Å²) >= 11 is 1.53. The van der Waals surface area contributed by atoms with Gasteiger partial charge in [0.25, 0.3) is 0 Å². The third-order valence-corrected chi connectivity index (χ3v) is 10.6. The minimum Gasteiger partial charge on any atom is -0.480 e. The number of carboxylic acid groups (broad SMARTS) is 1. The van der Waals surface area contributed by atoms with Crippen LogP contribution in [0.25, 0.3) is 0 Å². The number of allylic oxidation sites excluding steroid dienone is 1. The van der Waals surface area contributed by atoms with Crippen LogP contribution in [0.1, 0.15) is 84.5 Å². The largest absolute Gasteiger partial charge is 0.480 e. The molecule has 200 valence electrons. The molecule has 7 nitrogen and oxygen atoms in total. The standard InChI is InChI=1S/C28H41NO6S/c1-27-13-10-18(30)16-17(27)4-5-19-20-6-7-23(28(20,2)14-11-21(19)27)35-25(32)9-8-24(31)29-22(26(33)34)12-15-36-3/h16,19-23H,4-15H2,1-3H3,(H,29,31)(H,33,34)/t19-,20-,21+,22-,23-,27-,28-/m0/s1. The molecule has 2 N–H and O–H groups in total. The fraction of sp³-hybridized carbons (Fsp3) is 0.786. The molecule has 0 aromatic carbocycles. The maximum atomic E-state index is 12.7. The Labute approximate surface area is 218 Å². The van der Waals surface area contributed by atoms with E-state index in [2.05, 4.69) is 19.2 Å². The molecule has 0 radical (unpaired) electrons. The second kappa shape index (κ2) is 10.9. The monoisotopic (exact) mass is 519 g/mol. The van der Waals surface area contributed by atoms with Gasteiger partial charge in [-0.3, -0.25) is 14.4 Å². The molecule has 4 aliphatic rings. The summed E-state index contributed by atoms with van der Waals surface area (Å²) in [5.74, 6) is 0.765. The first kappa shape index (κ1) is 27.2. The Morgan fingerprint density at radius 3 is 2.61 bits per heavy atom. The minimum absolute atomic E-state index is 0.0374. The van der Waals surface area contributed by atoms with Crippen LogP contribution in [-0.4, -0.2) is 52.9 Å². The van der Waals surface area contributed by atoms with E-state index in [0.29, 0.717) is 36.3 Å². The molecule has 0 aromatic rings. The number of carbonyl (C=O) groups is 4. The molecule has 0 heterocycles. The minimum atomic E-state index is -1.06. The van der Waals surface area contributed by atoms with Crippen LogP contribution in [0.3, 0.4) is 0 Å². The topological polar surface area (TPSA) is 110 Å². The number of rotatable bonds is 9. The van der Waals surface area contributed by atoms with Crippen molar-refractivity contribution >= 4 is 35.4 Å². The van der Waals surface area contributed by atoms with Crippen molar-refractivity contribution in [1.82, 2.24) is 5.32 Å². The zero-order valence-electron chi connectivity index (χ0n) is 21.8. The normalized spacial score (nSPS) is 36.1. The van der Waals surface area contributed by atoms with Crippen LogP contribution < -0.4 is 5.32 Å². The molecular weight excluding hydrogens is 478 g/mol. The number of carboxylic acids is 1. The average molecular weight is 520 g/mol. The van der Waals surface area contributed by atoms with E-state index < -0.39 is 17.9 Å². The molecule has 0 aliphatic heterocycles. The van der Waals surface area contributed by atoms with E-state index in [1.807, 2.05) is 12.3 Å². The van der Waals surface area contributed by atoms with E-state index in [0.717, 1.165) is 44.9 Å². The zero-order chi connectivity index (χ0) is 26.1. The van der Waals surface area contributed by atoms with Gasteiger partial charge in [0, 0.05) is 18.3 Å². The number of thioether (sulfide) groups is 1. The molecule has 3 saturated carbocycles. The Balaban J connectivity index is 1.32. The summed E-state index contributed by atoms with van der Waals surface area (Å²) in [6.07, 6.45) is 11.7. The number of hydrogen-bond donors (Lipinski definition) is 2. The lowest BCUT2D eigenvalue weighted by Crippen LogP contribution is -2.51. The highest BCUT2D eigenvalue weighted by Gasteiger charge is 2.59. The molecule has 4 rings (SSSR count). The molecular formula is C28H41NO6S. The van der Waals surface area contributed by atoms with Gasteiger partial charge in [-0.25, -0.2) is 4.79 Å². The highest BCUT2D eigenvalue weighted by molar-refractivity contribution is 7.98. The van der Waals surface area contributed by atoms with E-state index in [1.165, 1.54) is 17.3 Å². The van der Waals surface area contributed by atoms with Crippen molar-refractivity contribution in [3.8, 4) is 0 Å². The third-order valence-electron chi connectivity index (χ3n) is 9.95. The number of fused-ring (bicyclic) bond motifs is 5. The fourth-order valence-electron chi connectivity index (χ4n) is 7.90. The van der Waals surface area contributed by atoms with Gasteiger partial charge < -0.3 is 15.2 Å². The lowest BCUT2D eigenvalue weighted by molar-refractivity contribution is -0.160. The van der Waals surface area contributed by atoms with Gasteiger partial charge in [-0.1, -0.05) is 19.4 Å². The second-order valence-corrected chi connectivity index (χ2v) is 12.8. The predicted molar refractivity (Wildman–Crippen MR) is 138 cm³/mol. The van der Waals surface area contributed by atoms with Gasteiger partial charge in [0.05, 0.1) is 6.42 Å². The van der Waals surface area contributed by atoms with E-state index >= 15 is 0 Å². The Morgan fingerprint density at radius 1 is 1.11 bits per heavy atom. The molecule has 1 amide bonds. The van der Waals surface area contributed by atoms with Crippen LogP contribution in [0, 0.1) is 28.6 Å². The average Bonchev–Trinajstić information content (AvgIpc) is 3.16.